The topological polar surface area (TPSA) is 201 Å². The molecule has 4 aromatic rings. The predicted octanol–water partition coefficient (Wildman–Crippen LogP) is 6.91. The lowest BCUT2D eigenvalue weighted by Gasteiger charge is -2.04. The van der Waals surface area contributed by atoms with Crippen LogP contribution >= 0.6 is 0 Å². The molecular formula is C36H32N4O10. The van der Waals surface area contributed by atoms with Crippen LogP contribution in [-0.4, -0.2) is 44.4 Å². The van der Waals surface area contributed by atoms with Crippen LogP contribution in [0.5, 0.6) is 0 Å². The quantitative estimate of drug-likeness (QED) is 0.0379. The van der Waals surface area contributed by atoms with Gasteiger partial charge in [0, 0.05) is 45.0 Å². The molecule has 0 saturated carbocycles. The van der Waals surface area contributed by atoms with E-state index in [2.05, 4.69) is 19.9 Å². The lowest BCUT2D eigenvalue weighted by Crippen LogP contribution is -2.03. The minimum atomic E-state index is -0.562. The normalized spacial score (nSPS) is 12.0. The van der Waals surface area contributed by atoms with Gasteiger partial charge in [-0.2, -0.15) is 0 Å². The fraction of sp³-hybridized carbons (Fsp3) is 0.194. The van der Waals surface area contributed by atoms with Crippen LogP contribution in [0.25, 0.3) is 22.3 Å². The number of oxime groups is 2. The molecule has 0 aromatic heterocycles. The fourth-order valence-electron chi connectivity index (χ4n) is 5.52. The summed E-state index contributed by atoms with van der Waals surface area (Å²) in [6.07, 6.45) is 1.31. The van der Waals surface area contributed by atoms with Crippen molar-refractivity contribution in [3.63, 3.8) is 0 Å². The number of non-ortho nitro benzene ring substituents is 2. The van der Waals surface area contributed by atoms with Crippen LogP contribution in [0.1, 0.15) is 68.0 Å². The molecule has 2 aliphatic rings. The van der Waals surface area contributed by atoms with Crippen LogP contribution in [0.4, 0.5) is 11.4 Å². The first kappa shape index (κ1) is 36.3. The molecule has 0 unspecified atom stereocenters. The third-order valence-corrected chi connectivity index (χ3v) is 7.74. The highest BCUT2D eigenvalue weighted by atomic mass is 16.7. The average Bonchev–Trinajstić information content (AvgIpc) is 3.62. The molecule has 2 aliphatic carbocycles. The monoisotopic (exact) mass is 680 g/mol. The van der Waals surface area contributed by atoms with E-state index in [1.54, 1.807) is 38.1 Å². The Morgan fingerprint density at radius 2 is 0.980 bits per heavy atom. The molecule has 14 heteroatoms. The highest BCUT2D eigenvalue weighted by Crippen LogP contribution is 2.40. The van der Waals surface area contributed by atoms with E-state index in [9.17, 15) is 34.6 Å². The number of fused-ring (bicyclic) bond motifs is 6. The van der Waals surface area contributed by atoms with Gasteiger partial charge in [0.25, 0.3) is 11.4 Å². The zero-order chi connectivity index (χ0) is 36.7. The Labute approximate surface area is 285 Å². The lowest BCUT2D eigenvalue weighted by molar-refractivity contribution is -0.385. The highest BCUT2D eigenvalue weighted by Gasteiger charge is 2.23. The van der Waals surface area contributed by atoms with Gasteiger partial charge in [0.2, 0.25) is 0 Å². The average molecular weight is 681 g/mol. The summed E-state index contributed by atoms with van der Waals surface area (Å²) < 4.78 is 3.97. The molecule has 6 rings (SSSR count). The maximum absolute atomic E-state index is 10.9. The molecule has 0 radical (unpaired) electrons. The van der Waals surface area contributed by atoms with Gasteiger partial charge in [0.05, 0.1) is 21.3 Å². The fourth-order valence-corrected chi connectivity index (χ4v) is 5.52. The number of ether oxygens (including phenoxy) is 1. The molecule has 0 heterocycles. The molecule has 14 nitrogen and oxygen atoms in total. The van der Waals surface area contributed by atoms with Gasteiger partial charge in [-0.3, -0.25) is 29.8 Å². The standard InChI is InChI=1S/C17H14N2O4.C15H12N2O3.C4H6O3/c1-10(18-23-11(2)20)12-3-5-16-13(7-12)8-14-9-15(19(21)22)4-6-17(14)16;1-9(16-18)10-2-4-14-11(6-10)7-12-8-13(17(19)20)3-5-15(12)14;1-3(5)7-4(2)6/h3-7,9H,8H2,1-2H3;2-6,8,18H,7H2,1H3;1-2H3/b18-10+;16-9+;. The third-order valence-electron chi connectivity index (χ3n) is 7.74. The van der Waals surface area contributed by atoms with E-state index in [0.717, 1.165) is 55.6 Å². The van der Waals surface area contributed by atoms with Crippen molar-refractivity contribution in [2.75, 3.05) is 0 Å². The second-order valence-corrected chi connectivity index (χ2v) is 11.3. The van der Waals surface area contributed by atoms with E-state index >= 15 is 0 Å². The number of hydrogen-bond acceptors (Lipinski definition) is 12. The number of esters is 2. The van der Waals surface area contributed by atoms with Crippen LogP contribution in [0.3, 0.4) is 0 Å². The number of nitro benzene ring substituents is 2. The summed E-state index contributed by atoms with van der Waals surface area (Å²) in [4.78, 5) is 56.0. The Bertz CT molecular complexity index is 2090. The summed E-state index contributed by atoms with van der Waals surface area (Å²) >= 11 is 0. The summed E-state index contributed by atoms with van der Waals surface area (Å²) in [7, 11) is 0. The van der Waals surface area contributed by atoms with Crippen LogP contribution in [0, 0.1) is 20.2 Å². The number of rotatable bonds is 5. The van der Waals surface area contributed by atoms with E-state index in [0.29, 0.717) is 24.3 Å². The minimum absolute atomic E-state index is 0.101. The molecule has 0 amide bonds. The zero-order valence-corrected chi connectivity index (χ0v) is 27.8. The molecule has 0 bridgehead atoms. The largest absolute Gasteiger partial charge is 0.411 e. The van der Waals surface area contributed by atoms with Crippen molar-refractivity contribution >= 4 is 40.7 Å². The molecule has 1 N–H and O–H groups in total. The van der Waals surface area contributed by atoms with Gasteiger partial charge in [-0.15, -0.1) is 0 Å². The van der Waals surface area contributed by atoms with Crippen LogP contribution in [0.2, 0.25) is 0 Å². The van der Waals surface area contributed by atoms with Crippen molar-refractivity contribution in [1.82, 2.24) is 0 Å². The van der Waals surface area contributed by atoms with Crippen molar-refractivity contribution < 1.29 is 39.0 Å². The number of benzene rings is 4. The van der Waals surface area contributed by atoms with Crippen molar-refractivity contribution in [3.8, 4) is 22.3 Å². The van der Waals surface area contributed by atoms with Gasteiger partial charge >= 0.3 is 17.9 Å². The summed E-state index contributed by atoms with van der Waals surface area (Å²) in [6.45, 7) is 7.15. The summed E-state index contributed by atoms with van der Waals surface area (Å²) in [5, 5.41) is 37.5. The van der Waals surface area contributed by atoms with Crippen LogP contribution < -0.4 is 0 Å². The lowest BCUT2D eigenvalue weighted by atomic mass is 10.0. The van der Waals surface area contributed by atoms with Crippen molar-refractivity contribution in [2.45, 2.75) is 47.5 Å². The minimum Gasteiger partial charge on any atom is -0.411 e. The van der Waals surface area contributed by atoms with Gasteiger partial charge < -0.3 is 14.8 Å². The van der Waals surface area contributed by atoms with E-state index in [1.807, 2.05) is 36.4 Å². The van der Waals surface area contributed by atoms with Gasteiger partial charge in [-0.05, 0) is 107 Å². The molecule has 256 valence electrons. The maximum Gasteiger partial charge on any atom is 0.331 e. The Hall–Kier alpha value is -6.57. The zero-order valence-electron chi connectivity index (χ0n) is 27.8. The molecular weight excluding hydrogens is 648 g/mol. The van der Waals surface area contributed by atoms with E-state index in [4.69, 9.17) is 5.21 Å². The smallest absolute Gasteiger partial charge is 0.331 e. The number of nitrogens with zero attached hydrogens (tertiary/aromatic N) is 4. The van der Waals surface area contributed by atoms with Crippen LogP contribution in [0.15, 0.2) is 83.1 Å². The van der Waals surface area contributed by atoms with Crippen LogP contribution in [-0.2, 0) is 36.8 Å². The Kier molecular flexibility index (Phi) is 11.3. The molecule has 0 saturated heterocycles. The number of hydrogen-bond donors (Lipinski definition) is 1. The van der Waals surface area contributed by atoms with E-state index in [1.165, 1.54) is 32.9 Å². The Morgan fingerprint density at radius 1 is 0.600 bits per heavy atom. The molecule has 0 fully saturated rings. The van der Waals surface area contributed by atoms with Gasteiger partial charge in [0.1, 0.15) is 0 Å². The molecule has 50 heavy (non-hydrogen) atoms. The second-order valence-electron chi connectivity index (χ2n) is 11.3. The molecule has 0 spiro atoms. The van der Waals surface area contributed by atoms with E-state index < -0.39 is 17.9 Å². The predicted molar refractivity (Wildman–Crippen MR) is 183 cm³/mol. The Morgan fingerprint density at radius 3 is 1.32 bits per heavy atom. The summed E-state index contributed by atoms with van der Waals surface area (Å²) in [6, 6.07) is 21.6. The summed E-state index contributed by atoms with van der Waals surface area (Å²) in [5.41, 5.74) is 11.4. The molecule has 4 aromatic carbocycles. The first-order valence-corrected chi connectivity index (χ1v) is 15.1. The molecule has 0 atom stereocenters. The van der Waals surface area contributed by atoms with Crippen molar-refractivity contribution in [2.24, 2.45) is 10.3 Å². The van der Waals surface area contributed by atoms with Gasteiger partial charge in [-0.25, -0.2) is 4.79 Å². The Balaban J connectivity index is 0.000000191. The van der Waals surface area contributed by atoms with Gasteiger partial charge in [0.15, 0.2) is 0 Å². The summed E-state index contributed by atoms with van der Waals surface area (Å²) in [5.74, 6) is -1.59. The van der Waals surface area contributed by atoms with E-state index in [-0.39, 0.29) is 21.2 Å². The SMILES string of the molecule is C/C(=N\O)c1ccc2c(c1)Cc1cc([N+](=O)[O-])ccc1-2.CC(=O)O/N=C(\C)c1ccc2c(c1)Cc1cc([N+](=O)[O-])ccc1-2.CC(=O)OC(C)=O. The number of carbonyl (C=O) groups is 3. The first-order chi connectivity index (χ1) is 23.7. The van der Waals surface area contributed by atoms with Gasteiger partial charge in [-0.1, -0.05) is 34.6 Å². The van der Waals surface area contributed by atoms with Crippen molar-refractivity contribution in [1.29, 1.82) is 0 Å². The number of nitro groups is 2. The molecule has 0 aliphatic heterocycles. The third kappa shape index (κ3) is 8.66. The van der Waals surface area contributed by atoms with Crippen molar-refractivity contribution in [3.05, 3.63) is 126 Å². The first-order valence-electron chi connectivity index (χ1n) is 15.1. The maximum atomic E-state index is 10.9. The second kappa shape index (κ2) is 15.6. The number of carbonyl (C=O) groups excluding carboxylic acids is 3. The highest BCUT2D eigenvalue weighted by molar-refractivity contribution is 6.00.